The van der Waals surface area contributed by atoms with Crippen LogP contribution in [0.1, 0.15) is 12.5 Å². The van der Waals surface area contributed by atoms with E-state index in [4.69, 9.17) is 10.1 Å². The molecule has 0 saturated heterocycles. The van der Waals surface area contributed by atoms with Gasteiger partial charge in [0.25, 0.3) is 5.91 Å². The predicted molar refractivity (Wildman–Crippen MR) is 59.4 cm³/mol. The monoisotopic (exact) mass is 219 g/mol. The molecule has 0 spiro atoms. The number of hydrogen-bond acceptors (Lipinski definition) is 4. The minimum atomic E-state index is -0.244. The molecule has 1 rings (SSSR count). The first-order valence-electron chi connectivity index (χ1n) is 4.91. The molecule has 0 bridgehead atoms. The number of carbonyl (C=O) groups excluding carboxylic acids is 1. The van der Waals surface area contributed by atoms with Crippen LogP contribution in [-0.4, -0.2) is 19.1 Å². The van der Waals surface area contributed by atoms with Gasteiger partial charge >= 0.3 is 0 Å². The third-order valence-electron chi connectivity index (χ3n) is 1.80. The lowest BCUT2D eigenvalue weighted by atomic mass is 10.2. The van der Waals surface area contributed by atoms with Crippen molar-refractivity contribution in [3.63, 3.8) is 0 Å². The third kappa shape index (κ3) is 3.98. The molecule has 1 aromatic carbocycles. The van der Waals surface area contributed by atoms with Gasteiger partial charge in [0, 0.05) is 5.69 Å². The fraction of sp³-hybridized carbons (Fsp3) is 0.273. The Balaban J connectivity index is 2.37. The van der Waals surface area contributed by atoms with Gasteiger partial charge in [0.15, 0.2) is 0 Å². The van der Waals surface area contributed by atoms with Gasteiger partial charge in [-0.1, -0.05) is 0 Å². The highest BCUT2D eigenvalue weighted by atomic mass is 16.6. The standard InChI is InChI=1S/C11H13N3O2/c1-2-16-14-11(15)8-13-10-5-3-9(7-12)4-6-10/h3-6,13H,2,8H2,1H3,(H,14,15). The van der Waals surface area contributed by atoms with E-state index in [1.165, 1.54) is 0 Å². The number of nitrogens with zero attached hydrogens (tertiary/aromatic N) is 1. The normalized spacial score (nSPS) is 9.25. The molecule has 0 saturated carbocycles. The van der Waals surface area contributed by atoms with Crippen molar-refractivity contribution >= 4 is 11.6 Å². The van der Waals surface area contributed by atoms with Crippen molar-refractivity contribution in [1.82, 2.24) is 5.48 Å². The van der Waals surface area contributed by atoms with Crippen molar-refractivity contribution in [3.05, 3.63) is 29.8 Å². The van der Waals surface area contributed by atoms with Gasteiger partial charge in [-0.2, -0.15) is 5.26 Å². The maximum Gasteiger partial charge on any atom is 0.262 e. The number of benzene rings is 1. The maximum absolute atomic E-state index is 11.1. The van der Waals surface area contributed by atoms with Crippen LogP contribution in [0, 0.1) is 11.3 Å². The number of nitriles is 1. The summed E-state index contributed by atoms with van der Waals surface area (Å²) < 4.78 is 0. The molecule has 2 N–H and O–H groups in total. The predicted octanol–water partition coefficient (Wildman–Crippen LogP) is 1.04. The first-order valence-corrected chi connectivity index (χ1v) is 4.91. The van der Waals surface area contributed by atoms with E-state index in [0.29, 0.717) is 12.2 Å². The summed E-state index contributed by atoms with van der Waals surface area (Å²) in [5, 5.41) is 11.5. The number of nitrogens with one attached hydrogen (secondary N) is 2. The van der Waals surface area contributed by atoms with Crippen LogP contribution in [-0.2, 0) is 9.63 Å². The zero-order valence-electron chi connectivity index (χ0n) is 8.99. The second kappa shape index (κ2) is 6.43. The molecule has 0 fully saturated rings. The first kappa shape index (κ1) is 12.0. The van der Waals surface area contributed by atoms with E-state index in [1.54, 1.807) is 31.2 Å². The molecule has 84 valence electrons. The van der Waals surface area contributed by atoms with Gasteiger partial charge in [0.2, 0.25) is 0 Å². The number of hydroxylamine groups is 1. The molecule has 1 aromatic rings. The smallest absolute Gasteiger partial charge is 0.262 e. The minimum Gasteiger partial charge on any atom is -0.376 e. The van der Waals surface area contributed by atoms with E-state index in [1.807, 2.05) is 6.07 Å². The summed E-state index contributed by atoms with van der Waals surface area (Å²) in [5.41, 5.74) is 3.64. The Hall–Kier alpha value is -2.06. The van der Waals surface area contributed by atoms with Gasteiger partial charge in [-0.25, -0.2) is 5.48 Å². The molecule has 1 amide bonds. The van der Waals surface area contributed by atoms with Crippen LogP contribution in [0.4, 0.5) is 5.69 Å². The Bertz CT molecular complexity index is 381. The number of anilines is 1. The number of carbonyl (C=O) groups is 1. The van der Waals surface area contributed by atoms with E-state index >= 15 is 0 Å². The zero-order valence-corrected chi connectivity index (χ0v) is 8.99. The van der Waals surface area contributed by atoms with Gasteiger partial charge in [-0.05, 0) is 31.2 Å². The molecule has 16 heavy (non-hydrogen) atoms. The molecule has 0 aliphatic carbocycles. The molecular weight excluding hydrogens is 206 g/mol. The average Bonchev–Trinajstić information content (AvgIpc) is 2.34. The second-order valence-electron chi connectivity index (χ2n) is 3.00. The van der Waals surface area contributed by atoms with Crippen molar-refractivity contribution in [3.8, 4) is 6.07 Å². The molecule has 0 heterocycles. The number of rotatable bonds is 5. The molecular formula is C11H13N3O2. The van der Waals surface area contributed by atoms with Gasteiger partial charge in [-0.15, -0.1) is 0 Å². The lowest BCUT2D eigenvalue weighted by molar-refractivity contribution is -0.131. The molecule has 0 aromatic heterocycles. The summed E-state index contributed by atoms with van der Waals surface area (Å²) in [4.78, 5) is 15.9. The Kier molecular flexibility index (Phi) is 4.83. The summed E-state index contributed by atoms with van der Waals surface area (Å²) in [5.74, 6) is -0.244. The third-order valence-corrected chi connectivity index (χ3v) is 1.80. The van der Waals surface area contributed by atoms with Crippen LogP contribution >= 0.6 is 0 Å². The van der Waals surface area contributed by atoms with E-state index in [9.17, 15) is 4.79 Å². The van der Waals surface area contributed by atoms with Gasteiger partial charge in [0.05, 0.1) is 24.8 Å². The molecule has 0 atom stereocenters. The lowest BCUT2D eigenvalue weighted by Crippen LogP contribution is -2.29. The Labute approximate surface area is 94.0 Å². The van der Waals surface area contributed by atoms with Gasteiger partial charge in [-0.3, -0.25) is 9.63 Å². The highest BCUT2D eigenvalue weighted by molar-refractivity contribution is 5.79. The van der Waals surface area contributed by atoms with Crippen molar-refractivity contribution in [2.75, 3.05) is 18.5 Å². The molecule has 0 aliphatic rings. The Morgan fingerprint density at radius 1 is 1.44 bits per heavy atom. The summed E-state index contributed by atoms with van der Waals surface area (Å²) in [6, 6.07) is 8.87. The van der Waals surface area contributed by atoms with E-state index in [-0.39, 0.29) is 12.5 Å². The fourth-order valence-electron chi connectivity index (χ4n) is 1.03. The van der Waals surface area contributed by atoms with Crippen LogP contribution in [0.2, 0.25) is 0 Å². The Morgan fingerprint density at radius 2 is 2.12 bits per heavy atom. The number of hydrogen-bond donors (Lipinski definition) is 2. The minimum absolute atomic E-state index is 0.131. The van der Waals surface area contributed by atoms with E-state index < -0.39 is 0 Å². The lowest BCUT2D eigenvalue weighted by Gasteiger charge is -2.06. The van der Waals surface area contributed by atoms with Crippen LogP contribution in [0.15, 0.2) is 24.3 Å². The summed E-state index contributed by atoms with van der Waals surface area (Å²) in [6.45, 7) is 2.35. The van der Waals surface area contributed by atoms with Crippen LogP contribution < -0.4 is 10.8 Å². The van der Waals surface area contributed by atoms with Crippen molar-refractivity contribution in [2.45, 2.75) is 6.92 Å². The summed E-state index contributed by atoms with van der Waals surface area (Å²) >= 11 is 0. The highest BCUT2D eigenvalue weighted by Gasteiger charge is 2.00. The average molecular weight is 219 g/mol. The number of amides is 1. The first-order chi connectivity index (χ1) is 7.76. The Morgan fingerprint density at radius 3 is 2.69 bits per heavy atom. The molecule has 5 nitrogen and oxygen atoms in total. The second-order valence-corrected chi connectivity index (χ2v) is 3.00. The topological polar surface area (TPSA) is 74.2 Å². The maximum atomic E-state index is 11.1. The SMILES string of the molecule is CCONC(=O)CNc1ccc(C#N)cc1. The molecule has 5 heteroatoms. The van der Waals surface area contributed by atoms with Crippen LogP contribution in [0.25, 0.3) is 0 Å². The van der Waals surface area contributed by atoms with E-state index in [0.717, 1.165) is 5.69 Å². The highest BCUT2D eigenvalue weighted by Crippen LogP contribution is 2.07. The van der Waals surface area contributed by atoms with Gasteiger partial charge in [0.1, 0.15) is 0 Å². The van der Waals surface area contributed by atoms with Crippen molar-refractivity contribution in [2.24, 2.45) is 0 Å². The molecule has 0 unspecified atom stereocenters. The largest absolute Gasteiger partial charge is 0.376 e. The fourth-order valence-corrected chi connectivity index (χ4v) is 1.03. The van der Waals surface area contributed by atoms with Crippen LogP contribution in [0.3, 0.4) is 0 Å². The van der Waals surface area contributed by atoms with Crippen LogP contribution in [0.5, 0.6) is 0 Å². The molecule has 0 radical (unpaired) electrons. The van der Waals surface area contributed by atoms with Gasteiger partial charge < -0.3 is 5.32 Å². The summed E-state index contributed by atoms with van der Waals surface area (Å²) in [6.07, 6.45) is 0. The zero-order chi connectivity index (χ0) is 11.8. The molecule has 0 aliphatic heterocycles. The van der Waals surface area contributed by atoms with Crippen molar-refractivity contribution in [1.29, 1.82) is 5.26 Å². The summed E-state index contributed by atoms with van der Waals surface area (Å²) in [7, 11) is 0. The quantitative estimate of drug-likeness (QED) is 0.725. The van der Waals surface area contributed by atoms with Crippen molar-refractivity contribution < 1.29 is 9.63 Å². The van der Waals surface area contributed by atoms with E-state index in [2.05, 4.69) is 10.8 Å².